The highest BCUT2D eigenvalue weighted by Gasteiger charge is 2.38. The Kier molecular flexibility index (Phi) is 4.40. The Bertz CT molecular complexity index is 622. The van der Waals surface area contributed by atoms with Crippen LogP contribution >= 0.6 is 0 Å². The third-order valence-electron chi connectivity index (χ3n) is 3.39. The van der Waals surface area contributed by atoms with E-state index in [1.807, 2.05) is 0 Å². The van der Waals surface area contributed by atoms with Gasteiger partial charge in [0.05, 0.1) is 18.3 Å². The van der Waals surface area contributed by atoms with Crippen LogP contribution in [0.3, 0.4) is 0 Å². The van der Waals surface area contributed by atoms with E-state index in [2.05, 4.69) is 0 Å². The van der Waals surface area contributed by atoms with Crippen molar-refractivity contribution in [3.8, 4) is 0 Å². The van der Waals surface area contributed by atoms with E-state index >= 15 is 0 Å². The van der Waals surface area contributed by atoms with Gasteiger partial charge in [0, 0.05) is 6.42 Å². The molecule has 1 atom stereocenters. The maximum Gasteiger partial charge on any atom is 0.316 e. The van der Waals surface area contributed by atoms with Gasteiger partial charge in [0.25, 0.3) is 0 Å². The number of benzene rings is 1. The molecule has 0 aliphatic carbocycles. The van der Waals surface area contributed by atoms with Gasteiger partial charge in [0.2, 0.25) is 0 Å². The van der Waals surface area contributed by atoms with Gasteiger partial charge in [0.1, 0.15) is 5.76 Å². The number of carbonyl (C=O) groups is 1. The lowest BCUT2D eigenvalue weighted by molar-refractivity contribution is -0.149. The highest BCUT2D eigenvalue weighted by Crippen LogP contribution is 2.31. The summed E-state index contributed by atoms with van der Waals surface area (Å²) in [7, 11) is 0. The molecule has 1 heterocycles. The van der Waals surface area contributed by atoms with Gasteiger partial charge < -0.3 is 9.15 Å². The van der Waals surface area contributed by atoms with Gasteiger partial charge in [-0.1, -0.05) is 6.07 Å². The van der Waals surface area contributed by atoms with Crippen molar-refractivity contribution in [1.29, 1.82) is 0 Å². The van der Waals surface area contributed by atoms with E-state index in [1.165, 1.54) is 12.3 Å². The van der Waals surface area contributed by atoms with E-state index in [9.17, 15) is 13.6 Å². The van der Waals surface area contributed by atoms with Crippen molar-refractivity contribution in [3.05, 3.63) is 59.6 Å². The Morgan fingerprint density at radius 2 is 2.05 bits per heavy atom. The number of esters is 1. The van der Waals surface area contributed by atoms with E-state index in [4.69, 9.17) is 9.15 Å². The lowest BCUT2D eigenvalue weighted by atomic mass is 9.78. The summed E-state index contributed by atoms with van der Waals surface area (Å²) in [5.74, 6) is -1.90. The molecule has 0 saturated carbocycles. The van der Waals surface area contributed by atoms with Gasteiger partial charge in [-0.2, -0.15) is 0 Å². The minimum atomic E-state index is -1.15. The van der Waals surface area contributed by atoms with Crippen LogP contribution in [0.25, 0.3) is 0 Å². The normalized spacial score (nSPS) is 13.7. The Morgan fingerprint density at radius 3 is 2.62 bits per heavy atom. The molecule has 0 radical (unpaired) electrons. The maximum atomic E-state index is 13.5. The number of hydrogen-bond acceptors (Lipinski definition) is 3. The molecule has 3 nitrogen and oxygen atoms in total. The number of furan rings is 1. The van der Waals surface area contributed by atoms with Gasteiger partial charge in [-0.3, -0.25) is 4.79 Å². The molecule has 1 unspecified atom stereocenters. The van der Waals surface area contributed by atoms with Gasteiger partial charge >= 0.3 is 5.97 Å². The predicted octanol–water partition coefficient (Wildman–Crippen LogP) is 3.62. The molecule has 0 N–H and O–H groups in total. The summed E-state index contributed by atoms with van der Waals surface area (Å²) >= 11 is 0. The number of rotatable bonds is 5. The molecule has 2 rings (SSSR count). The summed E-state index contributed by atoms with van der Waals surface area (Å²) in [5.41, 5.74) is -0.807. The molecule has 0 amide bonds. The van der Waals surface area contributed by atoms with Crippen LogP contribution in [0.15, 0.2) is 41.0 Å². The van der Waals surface area contributed by atoms with E-state index in [-0.39, 0.29) is 13.0 Å². The monoisotopic (exact) mass is 294 g/mol. The molecule has 0 bridgehead atoms. The van der Waals surface area contributed by atoms with Crippen LogP contribution in [-0.2, 0) is 21.4 Å². The molecule has 0 spiro atoms. The molecule has 0 saturated heterocycles. The van der Waals surface area contributed by atoms with Crippen LogP contribution in [0.1, 0.15) is 25.2 Å². The van der Waals surface area contributed by atoms with Crippen molar-refractivity contribution in [2.24, 2.45) is 0 Å². The summed E-state index contributed by atoms with van der Waals surface area (Å²) in [6, 6.07) is 6.83. The molecular formula is C16H16F2O3. The quantitative estimate of drug-likeness (QED) is 0.791. The Labute approximate surface area is 121 Å². The fourth-order valence-electron chi connectivity index (χ4n) is 2.18. The summed E-state index contributed by atoms with van der Waals surface area (Å²) in [4.78, 5) is 12.3. The first kappa shape index (κ1) is 15.2. The molecule has 21 heavy (non-hydrogen) atoms. The number of hydrogen-bond donors (Lipinski definition) is 0. The second-order valence-electron chi connectivity index (χ2n) is 4.94. The van der Waals surface area contributed by atoms with E-state index < -0.39 is 23.0 Å². The number of ether oxygens (including phenoxy) is 1. The smallest absolute Gasteiger partial charge is 0.316 e. The van der Waals surface area contributed by atoms with Gasteiger partial charge in [-0.25, -0.2) is 8.78 Å². The molecule has 0 aliphatic rings. The van der Waals surface area contributed by atoms with Gasteiger partial charge in [-0.15, -0.1) is 0 Å². The Balaban J connectivity index is 2.43. The van der Waals surface area contributed by atoms with E-state index in [1.54, 1.807) is 26.0 Å². The molecule has 112 valence electrons. The minimum absolute atomic E-state index is 0.198. The van der Waals surface area contributed by atoms with Crippen molar-refractivity contribution in [1.82, 2.24) is 0 Å². The fraction of sp³-hybridized carbons (Fsp3) is 0.312. The second kappa shape index (κ2) is 6.08. The predicted molar refractivity (Wildman–Crippen MR) is 72.8 cm³/mol. The number of carbonyl (C=O) groups excluding carboxylic acids is 1. The van der Waals surface area contributed by atoms with Crippen molar-refractivity contribution < 1.29 is 22.7 Å². The second-order valence-corrected chi connectivity index (χ2v) is 4.94. The summed E-state index contributed by atoms with van der Waals surface area (Å²) < 4.78 is 36.9. The fourth-order valence-corrected chi connectivity index (χ4v) is 2.18. The first-order valence-electron chi connectivity index (χ1n) is 6.62. The third-order valence-corrected chi connectivity index (χ3v) is 3.39. The van der Waals surface area contributed by atoms with Crippen molar-refractivity contribution in [2.45, 2.75) is 25.7 Å². The Morgan fingerprint density at radius 1 is 1.29 bits per heavy atom. The highest BCUT2D eigenvalue weighted by molar-refractivity contribution is 5.83. The largest absolute Gasteiger partial charge is 0.469 e. The molecule has 5 heteroatoms. The Hall–Kier alpha value is -2.17. The van der Waals surface area contributed by atoms with E-state index in [0.717, 1.165) is 12.1 Å². The zero-order valence-corrected chi connectivity index (χ0v) is 11.9. The average Bonchev–Trinajstić information content (AvgIpc) is 2.94. The molecule has 0 fully saturated rings. The highest BCUT2D eigenvalue weighted by atomic mass is 19.2. The van der Waals surface area contributed by atoms with Crippen LogP contribution < -0.4 is 0 Å². The maximum absolute atomic E-state index is 13.5. The van der Waals surface area contributed by atoms with E-state index in [0.29, 0.717) is 11.3 Å². The van der Waals surface area contributed by atoms with Crippen LogP contribution in [0, 0.1) is 11.6 Å². The first-order valence-corrected chi connectivity index (χ1v) is 6.62. The summed E-state index contributed by atoms with van der Waals surface area (Å²) in [6.07, 6.45) is 1.69. The standard InChI is InChI=1S/C16H16F2O3/c1-3-20-15(19)16(2,10-12-5-4-8-21-12)11-6-7-13(17)14(18)9-11/h4-9H,3,10H2,1-2H3. The lowest BCUT2D eigenvalue weighted by Crippen LogP contribution is -2.36. The summed E-state index contributed by atoms with van der Waals surface area (Å²) in [5, 5.41) is 0. The molecule has 1 aromatic heterocycles. The van der Waals surface area contributed by atoms with Gasteiger partial charge in [0.15, 0.2) is 11.6 Å². The van der Waals surface area contributed by atoms with Gasteiger partial charge in [-0.05, 0) is 43.7 Å². The van der Waals surface area contributed by atoms with Crippen LogP contribution in [-0.4, -0.2) is 12.6 Å². The minimum Gasteiger partial charge on any atom is -0.469 e. The topological polar surface area (TPSA) is 39.4 Å². The van der Waals surface area contributed by atoms with Crippen molar-refractivity contribution in [3.63, 3.8) is 0 Å². The van der Waals surface area contributed by atoms with Crippen LogP contribution in [0.2, 0.25) is 0 Å². The molecular weight excluding hydrogens is 278 g/mol. The van der Waals surface area contributed by atoms with Crippen LogP contribution in [0.5, 0.6) is 0 Å². The first-order chi connectivity index (χ1) is 9.97. The molecule has 2 aromatic rings. The third kappa shape index (κ3) is 3.12. The average molecular weight is 294 g/mol. The molecule has 0 aliphatic heterocycles. The zero-order chi connectivity index (χ0) is 15.5. The molecule has 1 aromatic carbocycles. The lowest BCUT2D eigenvalue weighted by Gasteiger charge is -2.27. The number of halogens is 2. The van der Waals surface area contributed by atoms with Crippen molar-refractivity contribution >= 4 is 5.97 Å². The zero-order valence-electron chi connectivity index (χ0n) is 11.9. The van der Waals surface area contributed by atoms with Crippen LogP contribution in [0.4, 0.5) is 8.78 Å². The summed E-state index contributed by atoms with van der Waals surface area (Å²) in [6.45, 7) is 3.52. The van der Waals surface area contributed by atoms with Crippen molar-refractivity contribution in [2.75, 3.05) is 6.61 Å². The SMILES string of the molecule is CCOC(=O)C(C)(Cc1ccco1)c1ccc(F)c(F)c1.